The van der Waals surface area contributed by atoms with Crippen LogP contribution >= 0.6 is 0 Å². The van der Waals surface area contributed by atoms with Crippen LogP contribution in [-0.4, -0.2) is 37.0 Å². The van der Waals surface area contributed by atoms with E-state index < -0.39 is 11.8 Å². The van der Waals surface area contributed by atoms with E-state index in [4.69, 9.17) is 9.47 Å². The van der Waals surface area contributed by atoms with Gasteiger partial charge in [-0.25, -0.2) is 4.39 Å². The average Bonchev–Trinajstić information content (AvgIpc) is 3.08. The summed E-state index contributed by atoms with van der Waals surface area (Å²) in [5.74, 6) is -0.151. The number of ether oxygens (including phenoxy) is 2. The highest BCUT2D eigenvalue weighted by Gasteiger charge is 2.40. The van der Waals surface area contributed by atoms with Crippen LogP contribution in [0.1, 0.15) is 18.1 Å². The number of halogens is 1. The Morgan fingerprint density at radius 1 is 0.882 bits per heavy atom. The number of hydrogen-bond acceptors (Lipinski definition) is 5. The fourth-order valence-corrected chi connectivity index (χ4v) is 3.87. The number of anilines is 1. The molecule has 0 unspecified atom stereocenters. The quantitative estimate of drug-likeness (QED) is 0.470. The third kappa shape index (κ3) is 4.64. The van der Waals surface area contributed by atoms with E-state index in [-0.39, 0.29) is 23.6 Å². The molecule has 174 valence electrons. The van der Waals surface area contributed by atoms with E-state index in [9.17, 15) is 14.0 Å². The summed E-state index contributed by atoms with van der Waals surface area (Å²) in [6.45, 7) is 2.48. The van der Waals surface area contributed by atoms with Gasteiger partial charge in [-0.15, -0.1) is 0 Å². The smallest absolute Gasteiger partial charge is 0.278 e. The van der Waals surface area contributed by atoms with Gasteiger partial charge in [0.2, 0.25) is 0 Å². The molecular formula is C27H25FN2O4. The normalized spacial score (nSPS) is 13.4. The summed E-state index contributed by atoms with van der Waals surface area (Å²) in [6.07, 6.45) is 0.403. The Morgan fingerprint density at radius 2 is 1.56 bits per heavy atom. The first-order valence-electron chi connectivity index (χ1n) is 11.0. The lowest BCUT2D eigenvalue weighted by Crippen LogP contribution is -2.34. The number of nitrogens with one attached hydrogen (secondary N) is 1. The summed E-state index contributed by atoms with van der Waals surface area (Å²) in [7, 11) is 1.52. The molecule has 0 saturated heterocycles. The molecule has 6 nitrogen and oxygen atoms in total. The van der Waals surface area contributed by atoms with Crippen molar-refractivity contribution in [2.45, 2.75) is 13.3 Å². The third-order valence-electron chi connectivity index (χ3n) is 5.53. The number of carbonyl (C=O) groups is 2. The molecule has 0 atom stereocenters. The second-order valence-electron chi connectivity index (χ2n) is 7.64. The number of methoxy groups -OCH3 is 1. The molecule has 2 amide bonds. The van der Waals surface area contributed by atoms with Crippen molar-refractivity contribution in [3.63, 3.8) is 0 Å². The topological polar surface area (TPSA) is 67.9 Å². The van der Waals surface area contributed by atoms with Gasteiger partial charge in [0.25, 0.3) is 11.8 Å². The van der Waals surface area contributed by atoms with E-state index >= 15 is 0 Å². The lowest BCUT2D eigenvalue weighted by atomic mass is 10.0. The largest absolute Gasteiger partial charge is 0.496 e. The molecule has 0 radical (unpaired) electrons. The van der Waals surface area contributed by atoms with E-state index in [0.717, 1.165) is 5.56 Å². The maximum Gasteiger partial charge on any atom is 0.278 e. The average molecular weight is 461 g/mol. The van der Waals surface area contributed by atoms with Crippen LogP contribution in [0.2, 0.25) is 0 Å². The van der Waals surface area contributed by atoms with Crippen molar-refractivity contribution in [2.75, 3.05) is 25.6 Å². The number of hydrogen-bond donors (Lipinski definition) is 1. The van der Waals surface area contributed by atoms with Crippen LogP contribution in [0.3, 0.4) is 0 Å². The highest BCUT2D eigenvalue weighted by atomic mass is 19.1. The zero-order valence-corrected chi connectivity index (χ0v) is 19.0. The van der Waals surface area contributed by atoms with Gasteiger partial charge in [-0.05, 0) is 49.2 Å². The van der Waals surface area contributed by atoms with Crippen LogP contribution < -0.4 is 14.8 Å². The molecule has 0 aliphatic carbocycles. The van der Waals surface area contributed by atoms with Crippen LogP contribution in [0.4, 0.5) is 10.1 Å². The van der Waals surface area contributed by atoms with E-state index in [0.29, 0.717) is 35.8 Å². The SMILES string of the molecule is CCOc1ccccc1NC1=C(c2ccccc2OC)C(=O)N(CCc2ccc(F)cc2)C1=O. The molecule has 0 saturated carbocycles. The van der Waals surface area contributed by atoms with E-state index in [1.54, 1.807) is 48.5 Å². The summed E-state index contributed by atoms with van der Waals surface area (Å²) in [6, 6.07) is 20.3. The number of para-hydroxylation sites is 3. The van der Waals surface area contributed by atoms with Gasteiger partial charge in [-0.2, -0.15) is 0 Å². The standard InChI is InChI=1S/C27H25FN2O4/c1-3-34-23-11-7-5-9-21(23)29-25-24(20-8-4-6-10-22(20)33-2)26(31)30(27(25)32)17-16-18-12-14-19(28)15-13-18/h4-15,29H,3,16-17H2,1-2H3. The highest BCUT2D eigenvalue weighted by Crippen LogP contribution is 2.36. The molecule has 0 bridgehead atoms. The number of benzene rings is 3. The first kappa shape index (κ1) is 23.0. The molecule has 1 aliphatic rings. The van der Waals surface area contributed by atoms with Crippen molar-refractivity contribution in [1.82, 2.24) is 4.90 Å². The second-order valence-corrected chi connectivity index (χ2v) is 7.64. The molecular weight excluding hydrogens is 435 g/mol. The maximum absolute atomic E-state index is 13.5. The van der Waals surface area contributed by atoms with Crippen LogP contribution in [0, 0.1) is 5.82 Å². The zero-order valence-electron chi connectivity index (χ0n) is 19.0. The van der Waals surface area contributed by atoms with Crippen molar-refractivity contribution in [2.24, 2.45) is 0 Å². The Kier molecular flexibility index (Phi) is 6.92. The van der Waals surface area contributed by atoms with Crippen LogP contribution in [0.5, 0.6) is 11.5 Å². The molecule has 34 heavy (non-hydrogen) atoms. The molecule has 0 spiro atoms. The van der Waals surface area contributed by atoms with Crippen molar-refractivity contribution < 1.29 is 23.5 Å². The predicted octanol–water partition coefficient (Wildman–Crippen LogP) is 4.67. The lowest BCUT2D eigenvalue weighted by molar-refractivity contribution is -0.136. The Hall–Kier alpha value is -4.13. The third-order valence-corrected chi connectivity index (χ3v) is 5.53. The first-order chi connectivity index (χ1) is 16.5. The minimum Gasteiger partial charge on any atom is -0.496 e. The van der Waals surface area contributed by atoms with Crippen molar-refractivity contribution >= 4 is 23.1 Å². The van der Waals surface area contributed by atoms with Gasteiger partial charge in [-0.1, -0.05) is 42.5 Å². The number of nitrogens with zero attached hydrogens (tertiary/aromatic N) is 1. The van der Waals surface area contributed by atoms with Crippen molar-refractivity contribution in [1.29, 1.82) is 0 Å². The summed E-state index contributed by atoms with van der Waals surface area (Å²) in [4.78, 5) is 28.2. The minimum absolute atomic E-state index is 0.153. The van der Waals surface area contributed by atoms with Gasteiger partial charge in [0.05, 0.1) is 25.0 Å². The van der Waals surface area contributed by atoms with Crippen LogP contribution in [0.25, 0.3) is 5.57 Å². The van der Waals surface area contributed by atoms with Gasteiger partial charge in [0.15, 0.2) is 0 Å². The molecule has 4 rings (SSSR count). The maximum atomic E-state index is 13.5. The van der Waals surface area contributed by atoms with Gasteiger partial charge < -0.3 is 14.8 Å². The van der Waals surface area contributed by atoms with Gasteiger partial charge in [-0.3, -0.25) is 14.5 Å². The van der Waals surface area contributed by atoms with E-state index in [1.165, 1.54) is 24.1 Å². The fourth-order valence-electron chi connectivity index (χ4n) is 3.87. The molecule has 0 aromatic heterocycles. The number of carbonyl (C=O) groups excluding carboxylic acids is 2. The Bertz CT molecular complexity index is 1240. The molecule has 3 aromatic carbocycles. The Balaban J connectivity index is 1.71. The van der Waals surface area contributed by atoms with Crippen molar-refractivity contribution in [3.8, 4) is 11.5 Å². The molecule has 1 aliphatic heterocycles. The zero-order chi connectivity index (χ0) is 24.1. The number of amides is 2. The van der Waals surface area contributed by atoms with E-state index in [1.807, 2.05) is 19.1 Å². The molecule has 1 heterocycles. The summed E-state index contributed by atoms with van der Waals surface area (Å²) >= 11 is 0. The molecule has 7 heteroatoms. The lowest BCUT2D eigenvalue weighted by Gasteiger charge is -2.16. The van der Waals surface area contributed by atoms with Gasteiger partial charge in [0, 0.05) is 12.1 Å². The van der Waals surface area contributed by atoms with Crippen molar-refractivity contribution in [3.05, 3.63) is 95.4 Å². The molecule has 1 N–H and O–H groups in total. The van der Waals surface area contributed by atoms with E-state index in [2.05, 4.69) is 5.32 Å². The second kappa shape index (κ2) is 10.2. The molecule has 0 fully saturated rings. The first-order valence-corrected chi connectivity index (χ1v) is 11.0. The minimum atomic E-state index is -0.445. The number of rotatable bonds is 9. The summed E-state index contributed by atoms with van der Waals surface area (Å²) in [5.41, 5.74) is 2.30. The van der Waals surface area contributed by atoms with Crippen LogP contribution in [-0.2, 0) is 16.0 Å². The van der Waals surface area contributed by atoms with Crippen LogP contribution in [0.15, 0.2) is 78.5 Å². The summed E-state index contributed by atoms with van der Waals surface area (Å²) in [5, 5.41) is 3.15. The molecule has 3 aromatic rings. The highest BCUT2D eigenvalue weighted by molar-refractivity contribution is 6.37. The fraction of sp³-hybridized carbons (Fsp3) is 0.185. The Labute approximate surface area is 197 Å². The monoisotopic (exact) mass is 460 g/mol. The number of imide groups is 1. The predicted molar refractivity (Wildman–Crippen MR) is 128 cm³/mol. The van der Waals surface area contributed by atoms with Gasteiger partial charge in [0.1, 0.15) is 23.0 Å². The van der Waals surface area contributed by atoms with Gasteiger partial charge >= 0.3 is 0 Å². The summed E-state index contributed by atoms with van der Waals surface area (Å²) < 4.78 is 24.4. The Morgan fingerprint density at radius 3 is 2.26 bits per heavy atom.